The minimum atomic E-state index is -0.313. The quantitative estimate of drug-likeness (QED) is 0.827. The first-order chi connectivity index (χ1) is 10.2. The topological polar surface area (TPSA) is 30.5 Å². The molecule has 0 aromatic heterocycles. The molecule has 0 saturated heterocycles. The average molecular weight is 289 g/mol. The fourth-order valence-electron chi connectivity index (χ4n) is 1.97. The van der Waals surface area contributed by atoms with E-state index in [2.05, 4.69) is 12.2 Å². The number of hydrogen-bond donors (Lipinski definition) is 1. The standard InChI is InChI=1S/C17H20FNO2/c1-3-9-21-15-6-4-5-13(10-15)12-19-16-8-7-14(18)11-17(16)20-2/h4-8,10-11,19H,3,9,12H2,1-2H3. The molecule has 2 aromatic rings. The summed E-state index contributed by atoms with van der Waals surface area (Å²) >= 11 is 0. The lowest BCUT2D eigenvalue weighted by Crippen LogP contribution is -2.02. The van der Waals surface area contributed by atoms with Crippen molar-refractivity contribution in [1.82, 2.24) is 0 Å². The predicted molar refractivity (Wildman–Crippen MR) is 82.5 cm³/mol. The van der Waals surface area contributed by atoms with Gasteiger partial charge in [0.05, 0.1) is 19.4 Å². The molecule has 0 aliphatic heterocycles. The summed E-state index contributed by atoms with van der Waals surface area (Å²) in [6.45, 7) is 3.40. The highest BCUT2D eigenvalue weighted by Gasteiger charge is 2.04. The third-order valence-electron chi connectivity index (χ3n) is 3.02. The molecule has 0 fully saturated rings. The summed E-state index contributed by atoms with van der Waals surface area (Å²) in [7, 11) is 1.53. The average Bonchev–Trinajstić information content (AvgIpc) is 2.52. The highest BCUT2D eigenvalue weighted by Crippen LogP contribution is 2.25. The van der Waals surface area contributed by atoms with Crippen molar-refractivity contribution < 1.29 is 13.9 Å². The van der Waals surface area contributed by atoms with Crippen LogP contribution in [0, 0.1) is 5.82 Å². The Morgan fingerprint density at radius 3 is 2.76 bits per heavy atom. The summed E-state index contributed by atoms with van der Waals surface area (Å²) in [6, 6.07) is 12.4. The maximum atomic E-state index is 13.1. The second-order valence-corrected chi connectivity index (χ2v) is 4.69. The highest BCUT2D eigenvalue weighted by atomic mass is 19.1. The lowest BCUT2D eigenvalue weighted by atomic mass is 10.2. The molecule has 0 amide bonds. The van der Waals surface area contributed by atoms with Gasteiger partial charge in [-0.15, -0.1) is 0 Å². The van der Waals surface area contributed by atoms with Gasteiger partial charge in [-0.3, -0.25) is 0 Å². The van der Waals surface area contributed by atoms with Crippen molar-refractivity contribution in [3.63, 3.8) is 0 Å². The number of benzene rings is 2. The number of anilines is 1. The van der Waals surface area contributed by atoms with Gasteiger partial charge >= 0.3 is 0 Å². The van der Waals surface area contributed by atoms with E-state index in [0.29, 0.717) is 18.9 Å². The van der Waals surface area contributed by atoms with Crippen LogP contribution in [0.5, 0.6) is 11.5 Å². The van der Waals surface area contributed by atoms with Crippen molar-refractivity contribution >= 4 is 5.69 Å². The Morgan fingerprint density at radius 1 is 1.14 bits per heavy atom. The van der Waals surface area contributed by atoms with E-state index in [9.17, 15) is 4.39 Å². The normalized spacial score (nSPS) is 10.2. The Balaban J connectivity index is 2.02. The van der Waals surface area contributed by atoms with Gasteiger partial charge in [0.2, 0.25) is 0 Å². The molecule has 2 aromatic carbocycles. The lowest BCUT2D eigenvalue weighted by molar-refractivity contribution is 0.317. The smallest absolute Gasteiger partial charge is 0.144 e. The van der Waals surface area contributed by atoms with Crippen LogP contribution in [0.4, 0.5) is 10.1 Å². The summed E-state index contributed by atoms with van der Waals surface area (Å²) in [4.78, 5) is 0. The first-order valence-corrected chi connectivity index (χ1v) is 7.02. The van der Waals surface area contributed by atoms with Crippen LogP contribution in [0.25, 0.3) is 0 Å². The maximum absolute atomic E-state index is 13.1. The lowest BCUT2D eigenvalue weighted by Gasteiger charge is -2.12. The Kier molecular flexibility index (Phi) is 5.43. The molecule has 0 aliphatic carbocycles. The molecule has 0 heterocycles. The second kappa shape index (κ2) is 7.53. The van der Waals surface area contributed by atoms with Gasteiger partial charge in [0.1, 0.15) is 17.3 Å². The largest absolute Gasteiger partial charge is 0.494 e. The van der Waals surface area contributed by atoms with Crippen molar-refractivity contribution in [2.75, 3.05) is 19.0 Å². The van der Waals surface area contributed by atoms with E-state index in [1.54, 1.807) is 6.07 Å². The number of halogens is 1. The molecule has 0 atom stereocenters. The molecule has 0 aliphatic rings. The second-order valence-electron chi connectivity index (χ2n) is 4.69. The van der Waals surface area contributed by atoms with Crippen molar-refractivity contribution in [2.24, 2.45) is 0 Å². The van der Waals surface area contributed by atoms with Gasteiger partial charge < -0.3 is 14.8 Å². The molecule has 0 saturated carbocycles. The van der Waals surface area contributed by atoms with Gasteiger partial charge in [-0.25, -0.2) is 4.39 Å². The Bertz CT molecular complexity index is 587. The van der Waals surface area contributed by atoms with Crippen LogP contribution in [0.15, 0.2) is 42.5 Å². The van der Waals surface area contributed by atoms with Crippen LogP contribution in [-0.4, -0.2) is 13.7 Å². The molecule has 0 bridgehead atoms. The molecule has 21 heavy (non-hydrogen) atoms. The Labute approximate surface area is 124 Å². The van der Waals surface area contributed by atoms with Crippen LogP contribution in [0.1, 0.15) is 18.9 Å². The summed E-state index contributed by atoms with van der Waals surface area (Å²) in [5.41, 5.74) is 1.86. The SMILES string of the molecule is CCCOc1cccc(CNc2ccc(F)cc2OC)c1. The molecule has 1 N–H and O–H groups in total. The maximum Gasteiger partial charge on any atom is 0.144 e. The number of rotatable bonds is 7. The zero-order valence-electron chi connectivity index (χ0n) is 12.4. The number of ether oxygens (including phenoxy) is 2. The molecular weight excluding hydrogens is 269 g/mol. The number of methoxy groups -OCH3 is 1. The molecule has 0 unspecified atom stereocenters. The van der Waals surface area contributed by atoms with E-state index in [1.165, 1.54) is 19.2 Å². The number of nitrogens with one attached hydrogen (secondary N) is 1. The van der Waals surface area contributed by atoms with E-state index >= 15 is 0 Å². The highest BCUT2D eigenvalue weighted by molar-refractivity contribution is 5.56. The summed E-state index contributed by atoms with van der Waals surface area (Å²) in [6.07, 6.45) is 0.981. The Morgan fingerprint density at radius 2 is 2.00 bits per heavy atom. The van der Waals surface area contributed by atoms with E-state index < -0.39 is 0 Å². The zero-order chi connectivity index (χ0) is 15.1. The van der Waals surface area contributed by atoms with E-state index in [1.807, 2.05) is 24.3 Å². The molecule has 0 radical (unpaired) electrons. The molecule has 3 nitrogen and oxygen atoms in total. The zero-order valence-corrected chi connectivity index (χ0v) is 12.4. The monoisotopic (exact) mass is 289 g/mol. The van der Waals surface area contributed by atoms with Crippen molar-refractivity contribution in [3.8, 4) is 11.5 Å². The van der Waals surface area contributed by atoms with Crippen LogP contribution in [0.2, 0.25) is 0 Å². The summed E-state index contributed by atoms with van der Waals surface area (Å²) < 4.78 is 23.9. The summed E-state index contributed by atoms with van der Waals surface area (Å²) in [5.74, 6) is 1.04. The number of hydrogen-bond acceptors (Lipinski definition) is 3. The van der Waals surface area contributed by atoms with E-state index in [-0.39, 0.29) is 5.82 Å². The minimum Gasteiger partial charge on any atom is -0.494 e. The molecule has 4 heteroatoms. The van der Waals surface area contributed by atoms with E-state index in [0.717, 1.165) is 23.4 Å². The van der Waals surface area contributed by atoms with E-state index in [4.69, 9.17) is 9.47 Å². The van der Waals surface area contributed by atoms with Crippen LogP contribution < -0.4 is 14.8 Å². The fraction of sp³-hybridized carbons (Fsp3) is 0.294. The molecule has 112 valence electrons. The predicted octanol–water partition coefficient (Wildman–Crippen LogP) is 4.24. The van der Waals surface area contributed by atoms with Gasteiger partial charge in [-0.1, -0.05) is 19.1 Å². The third kappa shape index (κ3) is 4.38. The van der Waals surface area contributed by atoms with Crippen molar-refractivity contribution in [2.45, 2.75) is 19.9 Å². The van der Waals surface area contributed by atoms with Crippen molar-refractivity contribution in [3.05, 3.63) is 53.8 Å². The van der Waals surface area contributed by atoms with Gasteiger partial charge in [-0.2, -0.15) is 0 Å². The minimum absolute atomic E-state index is 0.313. The van der Waals surface area contributed by atoms with Gasteiger partial charge in [0, 0.05) is 12.6 Å². The fourth-order valence-corrected chi connectivity index (χ4v) is 1.97. The summed E-state index contributed by atoms with van der Waals surface area (Å²) in [5, 5.41) is 3.24. The van der Waals surface area contributed by atoms with Crippen LogP contribution >= 0.6 is 0 Å². The van der Waals surface area contributed by atoms with Gasteiger partial charge in [0.15, 0.2) is 0 Å². The molecule has 2 rings (SSSR count). The first kappa shape index (κ1) is 15.2. The Hall–Kier alpha value is -2.23. The molecular formula is C17H20FNO2. The van der Waals surface area contributed by atoms with Gasteiger partial charge in [-0.05, 0) is 36.2 Å². The van der Waals surface area contributed by atoms with Crippen LogP contribution in [0.3, 0.4) is 0 Å². The van der Waals surface area contributed by atoms with Crippen molar-refractivity contribution in [1.29, 1.82) is 0 Å². The van der Waals surface area contributed by atoms with Crippen LogP contribution in [-0.2, 0) is 6.54 Å². The van der Waals surface area contributed by atoms with Gasteiger partial charge in [0.25, 0.3) is 0 Å². The molecule has 0 spiro atoms. The first-order valence-electron chi connectivity index (χ1n) is 7.02. The third-order valence-corrected chi connectivity index (χ3v) is 3.02.